The van der Waals surface area contributed by atoms with E-state index in [2.05, 4.69) is 46.8 Å². The van der Waals surface area contributed by atoms with E-state index in [1.54, 1.807) is 0 Å². The molecule has 1 aromatic rings. The van der Waals surface area contributed by atoms with Crippen molar-refractivity contribution in [3.05, 3.63) is 35.9 Å². The van der Waals surface area contributed by atoms with Gasteiger partial charge in [-0.3, -0.25) is 4.79 Å². The average Bonchev–Trinajstić information content (AvgIpc) is 2.99. The molecule has 4 nitrogen and oxygen atoms in total. The molecule has 1 fully saturated rings. The first kappa shape index (κ1) is 21.9. The Balaban J connectivity index is 1.90. The lowest BCUT2D eigenvalue weighted by Gasteiger charge is -2.25. The molecule has 0 aliphatic carbocycles. The van der Waals surface area contributed by atoms with Crippen LogP contribution in [0, 0.1) is 5.41 Å². The van der Waals surface area contributed by atoms with Gasteiger partial charge in [-0.2, -0.15) is 0 Å². The van der Waals surface area contributed by atoms with Crippen molar-refractivity contribution in [1.29, 1.82) is 0 Å². The monoisotopic (exact) mass is 376 g/mol. The first-order valence-electron chi connectivity index (χ1n) is 10.3. The van der Waals surface area contributed by atoms with Crippen LogP contribution in [0.15, 0.2) is 30.3 Å². The van der Waals surface area contributed by atoms with Gasteiger partial charge in [-0.15, -0.1) is 0 Å². The van der Waals surface area contributed by atoms with Crippen LogP contribution in [-0.2, 0) is 25.4 Å². The Hall–Kier alpha value is -1.39. The third-order valence-corrected chi connectivity index (χ3v) is 5.25. The molecule has 0 amide bonds. The molecule has 0 spiro atoms. The standard InChI is InChI=1S/C23H36O4/c1-6-23(7-2)26-19(14-16-25-21(24)13-15-22(3,4)5)20(27-23)17-18-11-9-8-10-12-18/h8-12,19-20H,6-7,13-17H2,1-5H3. The summed E-state index contributed by atoms with van der Waals surface area (Å²) >= 11 is 0. The summed E-state index contributed by atoms with van der Waals surface area (Å²) in [5.41, 5.74) is 1.38. The summed E-state index contributed by atoms with van der Waals surface area (Å²) in [4.78, 5) is 12.0. The molecule has 27 heavy (non-hydrogen) atoms. The van der Waals surface area contributed by atoms with Gasteiger partial charge < -0.3 is 14.2 Å². The minimum absolute atomic E-state index is 0.0134. The van der Waals surface area contributed by atoms with E-state index >= 15 is 0 Å². The highest BCUT2D eigenvalue weighted by Crippen LogP contribution is 2.37. The second-order valence-corrected chi connectivity index (χ2v) is 8.69. The van der Waals surface area contributed by atoms with Gasteiger partial charge in [0.1, 0.15) is 0 Å². The van der Waals surface area contributed by atoms with E-state index in [-0.39, 0.29) is 23.6 Å². The normalized spacial score (nSPS) is 22.0. The van der Waals surface area contributed by atoms with E-state index in [1.165, 1.54) is 5.56 Å². The van der Waals surface area contributed by atoms with Crippen molar-refractivity contribution in [1.82, 2.24) is 0 Å². The summed E-state index contributed by atoms with van der Waals surface area (Å²) in [5, 5.41) is 0. The van der Waals surface area contributed by atoms with E-state index in [4.69, 9.17) is 14.2 Å². The number of hydrogen-bond donors (Lipinski definition) is 0. The van der Waals surface area contributed by atoms with Crippen molar-refractivity contribution < 1.29 is 19.0 Å². The van der Waals surface area contributed by atoms with Gasteiger partial charge in [0.05, 0.1) is 18.8 Å². The third kappa shape index (κ3) is 6.93. The minimum atomic E-state index is -0.514. The average molecular weight is 377 g/mol. The number of hydrogen-bond acceptors (Lipinski definition) is 4. The van der Waals surface area contributed by atoms with E-state index in [1.807, 2.05) is 18.2 Å². The van der Waals surface area contributed by atoms with E-state index in [0.29, 0.717) is 19.4 Å². The van der Waals surface area contributed by atoms with Gasteiger partial charge in [0.15, 0.2) is 5.79 Å². The van der Waals surface area contributed by atoms with Gasteiger partial charge >= 0.3 is 5.97 Å². The quantitative estimate of drug-likeness (QED) is 0.549. The second-order valence-electron chi connectivity index (χ2n) is 8.69. The van der Waals surface area contributed by atoms with Crippen LogP contribution in [0.3, 0.4) is 0 Å². The number of ether oxygens (including phenoxy) is 3. The molecule has 0 aromatic heterocycles. The van der Waals surface area contributed by atoms with Crippen LogP contribution >= 0.6 is 0 Å². The van der Waals surface area contributed by atoms with Crippen molar-refractivity contribution in [2.75, 3.05) is 6.61 Å². The molecule has 4 heteroatoms. The topological polar surface area (TPSA) is 44.8 Å². The first-order valence-corrected chi connectivity index (χ1v) is 10.3. The number of carbonyl (C=O) groups excluding carboxylic acids is 1. The zero-order valence-electron chi connectivity index (χ0n) is 17.6. The van der Waals surface area contributed by atoms with Crippen LogP contribution in [-0.4, -0.2) is 30.6 Å². The van der Waals surface area contributed by atoms with Crippen molar-refractivity contribution >= 4 is 5.97 Å². The molecule has 1 aromatic carbocycles. The molecule has 2 unspecified atom stereocenters. The Morgan fingerprint density at radius 2 is 1.70 bits per heavy atom. The Kier molecular flexibility index (Phi) is 7.87. The van der Waals surface area contributed by atoms with E-state index in [0.717, 1.165) is 25.7 Å². The summed E-state index contributed by atoms with van der Waals surface area (Å²) in [6.45, 7) is 11.0. The fourth-order valence-corrected chi connectivity index (χ4v) is 3.42. The Labute approximate surface area is 164 Å². The molecule has 2 rings (SSSR count). The number of esters is 1. The minimum Gasteiger partial charge on any atom is -0.466 e. The van der Waals surface area contributed by atoms with Gasteiger partial charge in [0, 0.05) is 19.3 Å². The maximum absolute atomic E-state index is 12.0. The van der Waals surface area contributed by atoms with Crippen molar-refractivity contribution in [3.8, 4) is 0 Å². The first-order chi connectivity index (χ1) is 12.8. The summed E-state index contributed by atoms with van der Waals surface area (Å²) in [6.07, 6.45) is 4.34. The number of benzene rings is 1. The molecule has 1 heterocycles. The highest BCUT2D eigenvalue weighted by atomic mass is 16.8. The number of rotatable bonds is 9. The summed E-state index contributed by atoms with van der Waals surface area (Å²) in [5.74, 6) is -0.638. The van der Waals surface area contributed by atoms with Gasteiger partial charge in [-0.05, 0) is 30.2 Å². The lowest BCUT2D eigenvalue weighted by Crippen LogP contribution is -2.29. The molecule has 1 saturated heterocycles. The third-order valence-electron chi connectivity index (χ3n) is 5.25. The van der Waals surface area contributed by atoms with Crippen LogP contribution in [0.1, 0.15) is 72.3 Å². The Morgan fingerprint density at radius 1 is 1.07 bits per heavy atom. The molecule has 1 aliphatic heterocycles. The zero-order chi connectivity index (χ0) is 19.9. The molecule has 1 aliphatic rings. The lowest BCUT2D eigenvalue weighted by atomic mass is 9.91. The largest absolute Gasteiger partial charge is 0.466 e. The fraction of sp³-hybridized carbons (Fsp3) is 0.696. The molecule has 0 N–H and O–H groups in total. The summed E-state index contributed by atoms with van der Waals surface area (Å²) in [6, 6.07) is 10.3. The van der Waals surface area contributed by atoms with Gasteiger partial charge in [-0.1, -0.05) is 65.0 Å². The van der Waals surface area contributed by atoms with Gasteiger partial charge in [0.25, 0.3) is 0 Å². The summed E-state index contributed by atoms with van der Waals surface area (Å²) < 4.78 is 18.1. The lowest BCUT2D eigenvalue weighted by molar-refractivity contribution is -0.180. The van der Waals surface area contributed by atoms with Crippen LogP contribution in [0.5, 0.6) is 0 Å². The van der Waals surface area contributed by atoms with Crippen LogP contribution in [0.2, 0.25) is 0 Å². The predicted molar refractivity (Wildman–Crippen MR) is 107 cm³/mol. The predicted octanol–water partition coefficient (Wildman–Crippen LogP) is 5.29. The van der Waals surface area contributed by atoms with Gasteiger partial charge in [-0.25, -0.2) is 0 Å². The van der Waals surface area contributed by atoms with Crippen LogP contribution < -0.4 is 0 Å². The Bertz CT molecular complexity index is 572. The molecule has 0 saturated carbocycles. The number of carbonyl (C=O) groups is 1. The fourth-order valence-electron chi connectivity index (χ4n) is 3.42. The van der Waals surface area contributed by atoms with E-state index < -0.39 is 5.79 Å². The second kappa shape index (κ2) is 9.70. The molecule has 0 bridgehead atoms. The smallest absolute Gasteiger partial charge is 0.305 e. The molecule has 152 valence electrons. The van der Waals surface area contributed by atoms with Crippen LogP contribution in [0.25, 0.3) is 0 Å². The Morgan fingerprint density at radius 3 is 2.30 bits per heavy atom. The van der Waals surface area contributed by atoms with Gasteiger partial charge in [0.2, 0.25) is 0 Å². The molecule has 2 atom stereocenters. The maximum Gasteiger partial charge on any atom is 0.305 e. The SMILES string of the molecule is CCC1(CC)OC(CCOC(=O)CCC(C)(C)C)C(Cc2ccccc2)O1. The zero-order valence-corrected chi connectivity index (χ0v) is 17.6. The van der Waals surface area contributed by atoms with Crippen LogP contribution in [0.4, 0.5) is 0 Å². The molecule has 0 radical (unpaired) electrons. The molecular weight excluding hydrogens is 340 g/mol. The summed E-state index contributed by atoms with van der Waals surface area (Å²) in [7, 11) is 0. The highest BCUT2D eigenvalue weighted by molar-refractivity contribution is 5.69. The van der Waals surface area contributed by atoms with Crippen molar-refractivity contribution in [2.45, 2.75) is 91.1 Å². The van der Waals surface area contributed by atoms with E-state index in [9.17, 15) is 4.79 Å². The van der Waals surface area contributed by atoms with Crippen molar-refractivity contribution in [2.24, 2.45) is 5.41 Å². The van der Waals surface area contributed by atoms with Crippen molar-refractivity contribution in [3.63, 3.8) is 0 Å². The molecular formula is C23H36O4. The highest BCUT2D eigenvalue weighted by Gasteiger charge is 2.44. The maximum atomic E-state index is 12.0.